The number of carbonyl (C=O) groups excluding carboxylic acids is 1. The van der Waals surface area contributed by atoms with Gasteiger partial charge in [0.05, 0.1) is 11.7 Å². The molecular formula is C19H19BrN2O2. The first-order valence-electron chi connectivity index (χ1n) is 8.04. The summed E-state index contributed by atoms with van der Waals surface area (Å²) in [4.78, 5) is 14.7. The van der Waals surface area contributed by atoms with Gasteiger partial charge >= 0.3 is 6.03 Å². The summed E-state index contributed by atoms with van der Waals surface area (Å²) in [6.07, 6.45) is 0.704. The van der Waals surface area contributed by atoms with Crippen LogP contribution in [0.3, 0.4) is 0 Å². The van der Waals surface area contributed by atoms with Crippen LogP contribution in [0.15, 0.2) is 40.9 Å². The number of halogens is 1. The topological polar surface area (TPSA) is 41.6 Å². The SMILES string of the molecule is Cc1ccc(C)c(N2C(=O)N[C@H]3C[C@@]2(C)Oc2ccc(Br)cc23)c1. The standard InChI is InChI=1S/C19H19BrN2O2/c1-11-4-5-12(2)16(8-11)22-18(23)21-15-10-19(22,3)24-17-7-6-13(20)9-14(15)17/h4-9,15H,10H2,1-3H3,(H,21,23)/t15-,19+/m0/s1. The van der Waals surface area contributed by atoms with Gasteiger partial charge in [0.25, 0.3) is 0 Å². The van der Waals surface area contributed by atoms with Crippen molar-refractivity contribution in [2.24, 2.45) is 0 Å². The summed E-state index contributed by atoms with van der Waals surface area (Å²) in [6.45, 7) is 6.04. The van der Waals surface area contributed by atoms with Crippen molar-refractivity contribution in [3.8, 4) is 5.75 Å². The zero-order chi connectivity index (χ0) is 17.1. The van der Waals surface area contributed by atoms with E-state index in [1.54, 1.807) is 4.90 Å². The minimum atomic E-state index is -0.702. The zero-order valence-corrected chi connectivity index (χ0v) is 15.5. The lowest BCUT2D eigenvalue weighted by Gasteiger charge is -2.51. The lowest BCUT2D eigenvalue weighted by molar-refractivity contribution is 0.0377. The molecule has 2 atom stereocenters. The fourth-order valence-electron chi connectivity index (χ4n) is 3.67. The van der Waals surface area contributed by atoms with Crippen molar-refractivity contribution < 1.29 is 9.53 Å². The Balaban J connectivity index is 1.83. The van der Waals surface area contributed by atoms with Crippen LogP contribution in [-0.4, -0.2) is 11.8 Å². The summed E-state index contributed by atoms with van der Waals surface area (Å²) in [7, 11) is 0. The molecule has 24 heavy (non-hydrogen) atoms. The Labute approximate surface area is 149 Å². The molecule has 4 nitrogen and oxygen atoms in total. The van der Waals surface area contributed by atoms with Gasteiger partial charge in [-0.2, -0.15) is 0 Å². The van der Waals surface area contributed by atoms with E-state index in [4.69, 9.17) is 4.74 Å². The molecule has 0 aliphatic carbocycles. The van der Waals surface area contributed by atoms with E-state index in [1.807, 2.05) is 51.1 Å². The number of aryl methyl sites for hydroxylation is 2. The van der Waals surface area contributed by atoms with Crippen LogP contribution in [0.25, 0.3) is 0 Å². The van der Waals surface area contributed by atoms with Crippen LogP contribution in [0, 0.1) is 13.8 Å². The molecule has 124 valence electrons. The Kier molecular flexibility index (Phi) is 3.39. The van der Waals surface area contributed by atoms with E-state index in [9.17, 15) is 4.79 Å². The molecule has 1 saturated heterocycles. The molecule has 5 heteroatoms. The molecule has 2 heterocycles. The highest BCUT2D eigenvalue weighted by atomic mass is 79.9. The maximum absolute atomic E-state index is 12.9. The van der Waals surface area contributed by atoms with Crippen LogP contribution in [-0.2, 0) is 0 Å². The number of urea groups is 1. The van der Waals surface area contributed by atoms with E-state index >= 15 is 0 Å². The predicted octanol–water partition coefficient (Wildman–Crippen LogP) is 4.84. The normalized spacial score (nSPS) is 24.9. The third-order valence-electron chi connectivity index (χ3n) is 4.84. The molecular weight excluding hydrogens is 368 g/mol. The zero-order valence-electron chi connectivity index (χ0n) is 13.9. The maximum atomic E-state index is 12.9. The van der Waals surface area contributed by atoms with Crippen molar-refractivity contribution in [3.63, 3.8) is 0 Å². The largest absolute Gasteiger partial charge is 0.467 e. The van der Waals surface area contributed by atoms with Gasteiger partial charge in [0, 0.05) is 16.5 Å². The summed E-state index contributed by atoms with van der Waals surface area (Å²) < 4.78 is 7.31. The van der Waals surface area contributed by atoms with E-state index in [-0.39, 0.29) is 12.1 Å². The molecule has 2 aromatic carbocycles. The third kappa shape index (κ3) is 2.30. The highest BCUT2D eigenvalue weighted by molar-refractivity contribution is 9.10. The number of amides is 2. The number of fused-ring (bicyclic) bond motifs is 4. The van der Waals surface area contributed by atoms with Gasteiger partial charge in [-0.15, -0.1) is 0 Å². The summed E-state index contributed by atoms with van der Waals surface area (Å²) in [5.74, 6) is 0.826. The minimum Gasteiger partial charge on any atom is -0.467 e. The molecule has 4 rings (SSSR count). The quantitative estimate of drug-likeness (QED) is 0.761. The molecule has 0 radical (unpaired) electrons. The molecule has 2 aromatic rings. The van der Waals surface area contributed by atoms with E-state index in [1.165, 1.54) is 0 Å². The maximum Gasteiger partial charge on any atom is 0.325 e. The Morgan fingerprint density at radius 1 is 1.25 bits per heavy atom. The second kappa shape index (κ2) is 5.24. The number of carbonyl (C=O) groups is 1. The van der Waals surface area contributed by atoms with Crippen molar-refractivity contribution in [1.29, 1.82) is 0 Å². The van der Waals surface area contributed by atoms with Gasteiger partial charge in [-0.3, -0.25) is 4.90 Å². The van der Waals surface area contributed by atoms with Gasteiger partial charge in [-0.05, 0) is 56.2 Å². The monoisotopic (exact) mass is 386 g/mol. The number of benzene rings is 2. The highest BCUT2D eigenvalue weighted by Crippen LogP contribution is 2.46. The van der Waals surface area contributed by atoms with Crippen LogP contribution in [0.5, 0.6) is 5.75 Å². The van der Waals surface area contributed by atoms with E-state index < -0.39 is 5.72 Å². The fourth-order valence-corrected chi connectivity index (χ4v) is 4.05. The summed E-state index contributed by atoms with van der Waals surface area (Å²) >= 11 is 3.50. The van der Waals surface area contributed by atoms with Gasteiger partial charge in [0.2, 0.25) is 0 Å². The average molecular weight is 387 g/mol. The fraction of sp³-hybridized carbons (Fsp3) is 0.316. The first-order chi connectivity index (χ1) is 11.4. The Morgan fingerprint density at radius 2 is 2.04 bits per heavy atom. The summed E-state index contributed by atoms with van der Waals surface area (Å²) in [5, 5.41) is 3.14. The number of nitrogens with one attached hydrogen (secondary N) is 1. The van der Waals surface area contributed by atoms with Crippen molar-refractivity contribution in [1.82, 2.24) is 5.32 Å². The van der Waals surface area contributed by atoms with Crippen molar-refractivity contribution in [2.75, 3.05) is 4.90 Å². The molecule has 0 saturated carbocycles. The Hall–Kier alpha value is -2.01. The molecule has 1 N–H and O–H groups in total. The number of hydrogen-bond donors (Lipinski definition) is 1. The number of ether oxygens (including phenoxy) is 1. The smallest absolute Gasteiger partial charge is 0.325 e. The molecule has 1 fully saturated rings. The predicted molar refractivity (Wildman–Crippen MR) is 97.5 cm³/mol. The second-order valence-electron chi connectivity index (χ2n) is 6.79. The summed E-state index contributed by atoms with van der Waals surface area (Å²) in [5.41, 5.74) is 3.39. The molecule has 2 aliphatic heterocycles. The van der Waals surface area contributed by atoms with Crippen molar-refractivity contribution in [2.45, 2.75) is 39.0 Å². The molecule has 0 spiro atoms. The van der Waals surface area contributed by atoms with Gasteiger partial charge in [-0.1, -0.05) is 28.1 Å². The van der Waals surface area contributed by atoms with E-state index in [0.717, 1.165) is 32.6 Å². The van der Waals surface area contributed by atoms with Gasteiger partial charge in [-0.25, -0.2) is 4.79 Å². The van der Waals surface area contributed by atoms with Gasteiger partial charge in [0.15, 0.2) is 5.72 Å². The molecule has 2 aliphatic rings. The first-order valence-corrected chi connectivity index (χ1v) is 8.83. The average Bonchev–Trinajstić information content (AvgIpc) is 2.51. The number of hydrogen-bond acceptors (Lipinski definition) is 2. The van der Waals surface area contributed by atoms with Crippen LogP contribution in [0.1, 0.15) is 36.1 Å². The van der Waals surface area contributed by atoms with Crippen LogP contribution in [0.2, 0.25) is 0 Å². The molecule has 2 bridgehead atoms. The minimum absolute atomic E-state index is 0.0369. The van der Waals surface area contributed by atoms with E-state index in [0.29, 0.717) is 6.42 Å². The first kappa shape index (κ1) is 15.5. The highest BCUT2D eigenvalue weighted by Gasteiger charge is 2.50. The van der Waals surface area contributed by atoms with E-state index in [2.05, 4.69) is 27.3 Å². The second-order valence-corrected chi connectivity index (χ2v) is 7.71. The van der Waals surface area contributed by atoms with Gasteiger partial charge in [0.1, 0.15) is 5.75 Å². The van der Waals surface area contributed by atoms with Crippen molar-refractivity contribution >= 4 is 27.6 Å². The van der Waals surface area contributed by atoms with Crippen LogP contribution in [0.4, 0.5) is 10.5 Å². The Morgan fingerprint density at radius 3 is 2.83 bits per heavy atom. The number of nitrogens with zero attached hydrogens (tertiary/aromatic N) is 1. The van der Waals surface area contributed by atoms with Crippen LogP contribution < -0.4 is 15.0 Å². The lowest BCUT2D eigenvalue weighted by Crippen LogP contribution is -2.65. The summed E-state index contributed by atoms with van der Waals surface area (Å²) in [6, 6.07) is 11.9. The lowest BCUT2D eigenvalue weighted by atomic mass is 9.89. The molecule has 0 aromatic heterocycles. The number of anilines is 1. The number of rotatable bonds is 1. The van der Waals surface area contributed by atoms with Crippen molar-refractivity contribution in [3.05, 3.63) is 57.6 Å². The van der Waals surface area contributed by atoms with Crippen LogP contribution >= 0.6 is 15.9 Å². The van der Waals surface area contributed by atoms with Gasteiger partial charge < -0.3 is 10.1 Å². The molecule has 2 amide bonds. The third-order valence-corrected chi connectivity index (χ3v) is 5.33. The molecule has 0 unspecified atom stereocenters. The Bertz CT molecular complexity index is 851.